The maximum atomic E-state index is 2.59. The van der Waals surface area contributed by atoms with E-state index in [1.165, 1.54) is 83.5 Å². The first-order valence-corrected chi connectivity index (χ1v) is 12.1. The zero-order chi connectivity index (χ0) is 18.7. The number of rotatable bonds is 15. The summed E-state index contributed by atoms with van der Waals surface area (Å²) in [6, 6.07) is 0. The van der Waals surface area contributed by atoms with Gasteiger partial charge in [0, 0.05) is 0 Å². The molecule has 0 heteroatoms. The van der Waals surface area contributed by atoms with Crippen LogP contribution in [-0.2, 0) is 0 Å². The molecule has 150 valence electrons. The van der Waals surface area contributed by atoms with Crippen molar-refractivity contribution >= 4 is 0 Å². The van der Waals surface area contributed by atoms with Crippen molar-refractivity contribution in [3.63, 3.8) is 0 Å². The minimum Gasteiger partial charge on any atom is -0.0654 e. The molecule has 1 fully saturated rings. The topological polar surface area (TPSA) is 0 Å². The Balaban J connectivity index is 2.37. The zero-order valence-corrected chi connectivity index (χ0v) is 18.7. The number of hydrogen-bond acceptors (Lipinski definition) is 0. The second-order valence-electron chi connectivity index (χ2n) is 9.45. The fraction of sp³-hybridized carbons (Fsp3) is 1.00. The lowest BCUT2D eigenvalue weighted by Crippen LogP contribution is -2.50. The van der Waals surface area contributed by atoms with Crippen LogP contribution >= 0.6 is 0 Å². The lowest BCUT2D eigenvalue weighted by atomic mass is 9.49. The zero-order valence-electron chi connectivity index (χ0n) is 18.7. The van der Waals surface area contributed by atoms with Gasteiger partial charge in [0.25, 0.3) is 0 Å². The molecule has 0 radical (unpaired) electrons. The molecule has 0 aromatic carbocycles. The Morgan fingerprint density at radius 3 is 1.68 bits per heavy atom. The lowest BCUT2D eigenvalue weighted by Gasteiger charge is -2.56. The Hall–Kier alpha value is 0. The van der Waals surface area contributed by atoms with Crippen molar-refractivity contribution in [2.75, 3.05) is 0 Å². The van der Waals surface area contributed by atoms with Gasteiger partial charge in [-0.15, -0.1) is 0 Å². The molecular formula is C25H50. The van der Waals surface area contributed by atoms with Crippen molar-refractivity contribution in [1.29, 1.82) is 0 Å². The molecule has 0 N–H and O–H groups in total. The third kappa shape index (κ3) is 7.26. The molecule has 0 nitrogen and oxygen atoms in total. The minimum absolute atomic E-state index is 0.949. The van der Waals surface area contributed by atoms with Crippen molar-refractivity contribution in [2.45, 2.75) is 125 Å². The summed E-state index contributed by atoms with van der Waals surface area (Å²) < 4.78 is 0. The third-order valence-electron chi connectivity index (χ3n) is 7.48. The Labute approximate surface area is 160 Å². The Bertz CT molecular complexity index is 297. The monoisotopic (exact) mass is 350 g/mol. The van der Waals surface area contributed by atoms with Crippen LogP contribution in [0.25, 0.3) is 0 Å². The highest BCUT2D eigenvalue weighted by molar-refractivity contribution is 4.97. The Morgan fingerprint density at radius 2 is 1.08 bits per heavy atom. The molecule has 25 heavy (non-hydrogen) atoms. The molecule has 1 aliphatic rings. The molecule has 0 heterocycles. The highest BCUT2D eigenvalue weighted by Gasteiger charge is 2.49. The summed E-state index contributed by atoms with van der Waals surface area (Å²) in [5.74, 6) is 5.94. The van der Waals surface area contributed by atoms with Crippen LogP contribution in [0.1, 0.15) is 125 Å². The normalized spacial score (nSPS) is 28.6. The number of hydrogen-bond donors (Lipinski definition) is 0. The first-order chi connectivity index (χ1) is 12.1. The van der Waals surface area contributed by atoms with Gasteiger partial charge in [0.2, 0.25) is 0 Å². The molecule has 4 atom stereocenters. The average molecular weight is 351 g/mol. The largest absolute Gasteiger partial charge is 0.0654 e. The molecule has 0 amide bonds. The standard InChI is InChI=1S/C25H50/c1-7-10-12-13-14-16-18-20(4)24-21(5)25(22(24)6)23(17-9-3)19-15-11-8-2/h20-25H,7-19H2,1-6H3. The van der Waals surface area contributed by atoms with Gasteiger partial charge in [-0.1, -0.05) is 125 Å². The lowest BCUT2D eigenvalue weighted by molar-refractivity contribution is -0.0747. The van der Waals surface area contributed by atoms with Gasteiger partial charge in [0.1, 0.15) is 0 Å². The van der Waals surface area contributed by atoms with Crippen LogP contribution in [0.3, 0.4) is 0 Å². The fourth-order valence-electron chi connectivity index (χ4n) is 6.22. The van der Waals surface area contributed by atoms with Gasteiger partial charge in [-0.05, 0) is 35.5 Å². The second kappa shape index (κ2) is 13.2. The van der Waals surface area contributed by atoms with Gasteiger partial charge >= 0.3 is 0 Å². The van der Waals surface area contributed by atoms with E-state index in [0.29, 0.717) is 0 Å². The maximum absolute atomic E-state index is 2.59. The van der Waals surface area contributed by atoms with Crippen LogP contribution in [0.4, 0.5) is 0 Å². The van der Waals surface area contributed by atoms with E-state index in [2.05, 4.69) is 41.5 Å². The molecule has 0 saturated heterocycles. The summed E-state index contributed by atoms with van der Waals surface area (Å²) in [7, 11) is 0. The van der Waals surface area contributed by atoms with Crippen molar-refractivity contribution in [1.82, 2.24) is 0 Å². The van der Waals surface area contributed by atoms with Gasteiger partial charge in [-0.25, -0.2) is 0 Å². The predicted molar refractivity (Wildman–Crippen MR) is 115 cm³/mol. The summed E-state index contributed by atoms with van der Waals surface area (Å²) in [5, 5.41) is 0. The van der Waals surface area contributed by atoms with Gasteiger partial charge in [-0.2, -0.15) is 0 Å². The van der Waals surface area contributed by atoms with Crippen LogP contribution in [-0.4, -0.2) is 0 Å². The molecule has 4 unspecified atom stereocenters. The SMILES string of the molecule is CCCCCCCCC(C)C1C(C)C(C(CCC)CCCCC)C1C. The number of unbranched alkanes of at least 4 members (excludes halogenated alkanes) is 7. The van der Waals surface area contributed by atoms with Gasteiger partial charge in [-0.3, -0.25) is 0 Å². The van der Waals surface area contributed by atoms with Crippen LogP contribution in [0.2, 0.25) is 0 Å². The van der Waals surface area contributed by atoms with Crippen molar-refractivity contribution < 1.29 is 0 Å². The van der Waals surface area contributed by atoms with Crippen LogP contribution in [0, 0.1) is 35.5 Å². The van der Waals surface area contributed by atoms with Gasteiger partial charge < -0.3 is 0 Å². The van der Waals surface area contributed by atoms with E-state index in [-0.39, 0.29) is 0 Å². The summed E-state index contributed by atoms with van der Waals surface area (Å²) in [5.41, 5.74) is 0. The molecule has 1 rings (SSSR count). The molecular weight excluding hydrogens is 300 g/mol. The third-order valence-corrected chi connectivity index (χ3v) is 7.48. The molecule has 0 aliphatic heterocycles. The second-order valence-corrected chi connectivity index (χ2v) is 9.45. The summed E-state index contributed by atoms with van der Waals surface area (Å²) in [4.78, 5) is 0. The summed E-state index contributed by atoms with van der Waals surface area (Å²) in [6.45, 7) is 14.8. The molecule has 0 spiro atoms. The van der Waals surface area contributed by atoms with E-state index in [0.717, 1.165) is 35.5 Å². The van der Waals surface area contributed by atoms with E-state index in [1.54, 1.807) is 0 Å². The Kier molecular flexibility index (Phi) is 12.2. The first-order valence-electron chi connectivity index (χ1n) is 12.1. The molecule has 0 aromatic heterocycles. The van der Waals surface area contributed by atoms with Gasteiger partial charge in [0.05, 0.1) is 0 Å². The quantitative estimate of drug-likeness (QED) is 0.259. The van der Waals surface area contributed by atoms with E-state index in [1.807, 2.05) is 0 Å². The van der Waals surface area contributed by atoms with E-state index >= 15 is 0 Å². The molecule has 1 aliphatic carbocycles. The first kappa shape index (κ1) is 23.0. The molecule has 0 aromatic rings. The van der Waals surface area contributed by atoms with E-state index in [4.69, 9.17) is 0 Å². The van der Waals surface area contributed by atoms with Crippen LogP contribution < -0.4 is 0 Å². The maximum Gasteiger partial charge on any atom is -0.0329 e. The highest BCUT2D eigenvalue weighted by Crippen LogP contribution is 2.55. The highest BCUT2D eigenvalue weighted by atomic mass is 14.5. The van der Waals surface area contributed by atoms with Crippen LogP contribution in [0.5, 0.6) is 0 Å². The van der Waals surface area contributed by atoms with E-state index < -0.39 is 0 Å². The average Bonchev–Trinajstić information content (AvgIpc) is 2.58. The Morgan fingerprint density at radius 1 is 0.560 bits per heavy atom. The smallest absolute Gasteiger partial charge is 0.0329 e. The van der Waals surface area contributed by atoms with Crippen molar-refractivity contribution in [3.8, 4) is 0 Å². The molecule has 1 saturated carbocycles. The van der Waals surface area contributed by atoms with E-state index in [9.17, 15) is 0 Å². The van der Waals surface area contributed by atoms with Crippen molar-refractivity contribution in [3.05, 3.63) is 0 Å². The summed E-state index contributed by atoms with van der Waals surface area (Å²) >= 11 is 0. The van der Waals surface area contributed by atoms with Crippen molar-refractivity contribution in [2.24, 2.45) is 35.5 Å². The molecule has 0 bridgehead atoms. The predicted octanol–water partition coefficient (Wildman–Crippen LogP) is 8.89. The minimum atomic E-state index is 0.949. The summed E-state index contributed by atoms with van der Waals surface area (Å²) in [6.07, 6.45) is 18.8. The fourth-order valence-corrected chi connectivity index (χ4v) is 6.22. The van der Waals surface area contributed by atoms with Gasteiger partial charge in [0.15, 0.2) is 0 Å². The van der Waals surface area contributed by atoms with Crippen LogP contribution in [0.15, 0.2) is 0 Å².